The molecule has 0 aliphatic heterocycles. The minimum Gasteiger partial charge on any atom is -0.497 e. The van der Waals surface area contributed by atoms with Gasteiger partial charge in [0, 0.05) is 5.56 Å². The molecule has 1 aromatic carbocycles. The molecule has 0 aliphatic rings. The van der Waals surface area contributed by atoms with E-state index in [4.69, 9.17) is 9.47 Å². The zero-order valence-corrected chi connectivity index (χ0v) is 11.3. The van der Waals surface area contributed by atoms with Crippen molar-refractivity contribution in [1.82, 2.24) is 4.98 Å². The van der Waals surface area contributed by atoms with E-state index in [0.29, 0.717) is 17.1 Å². The minimum absolute atomic E-state index is 0.635. The molecule has 0 aliphatic carbocycles. The van der Waals surface area contributed by atoms with E-state index in [0.717, 1.165) is 10.6 Å². The summed E-state index contributed by atoms with van der Waals surface area (Å²) in [5, 5.41) is 10.4. The van der Waals surface area contributed by atoms with Crippen molar-refractivity contribution < 1.29 is 14.6 Å². The summed E-state index contributed by atoms with van der Waals surface area (Å²) >= 11 is 1.43. The maximum Gasteiger partial charge on any atom is 0.125 e. The highest BCUT2D eigenvalue weighted by molar-refractivity contribution is 7.09. The third-order valence-corrected chi connectivity index (χ3v) is 3.75. The van der Waals surface area contributed by atoms with Crippen LogP contribution in [-0.4, -0.2) is 24.3 Å². The van der Waals surface area contributed by atoms with Gasteiger partial charge in [0.25, 0.3) is 0 Å². The van der Waals surface area contributed by atoms with Crippen LogP contribution in [0.5, 0.6) is 11.5 Å². The van der Waals surface area contributed by atoms with Crippen LogP contribution in [0.15, 0.2) is 23.7 Å². The van der Waals surface area contributed by atoms with Crippen molar-refractivity contribution in [3.8, 4) is 11.5 Å². The van der Waals surface area contributed by atoms with Gasteiger partial charge in [-0.2, -0.15) is 0 Å². The standard InChI is InChI=1S/C13H15NO3S/c1-8-13(18-7-14-8)12(15)10-6-9(16-2)4-5-11(10)17-3/h4-7,12,15H,1-3H3. The Morgan fingerprint density at radius 3 is 2.61 bits per heavy atom. The number of hydrogen-bond donors (Lipinski definition) is 1. The molecular formula is C13H15NO3S. The second-order valence-corrected chi connectivity index (χ2v) is 4.70. The Balaban J connectivity index is 2.45. The first kappa shape index (κ1) is 12.9. The van der Waals surface area contributed by atoms with Crippen molar-refractivity contribution in [1.29, 1.82) is 0 Å². The summed E-state index contributed by atoms with van der Waals surface area (Å²) in [4.78, 5) is 4.97. The number of aryl methyl sites for hydroxylation is 1. The van der Waals surface area contributed by atoms with Crippen molar-refractivity contribution in [2.45, 2.75) is 13.0 Å². The number of thiazole rings is 1. The average Bonchev–Trinajstić information content (AvgIpc) is 2.83. The summed E-state index contributed by atoms with van der Waals surface area (Å²) in [5.74, 6) is 1.32. The Bertz CT molecular complexity index is 539. The first-order chi connectivity index (χ1) is 8.67. The van der Waals surface area contributed by atoms with Gasteiger partial charge in [0.2, 0.25) is 0 Å². The van der Waals surface area contributed by atoms with Gasteiger partial charge in [-0.3, -0.25) is 0 Å². The highest BCUT2D eigenvalue weighted by Gasteiger charge is 2.20. The summed E-state index contributed by atoms with van der Waals surface area (Å²) in [6.07, 6.45) is -0.748. The molecule has 0 spiro atoms. The topological polar surface area (TPSA) is 51.6 Å². The number of aromatic nitrogens is 1. The maximum absolute atomic E-state index is 10.4. The van der Waals surface area contributed by atoms with Gasteiger partial charge in [-0.05, 0) is 25.1 Å². The van der Waals surface area contributed by atoms with Crippen molar-refractivity contribution in [3.05, 3.63) is 39.8 Å². The molecule has 0 fully saturated rings. The van der Waals surface area contributed by atoms with Crippen molar-refractivity contribution >= 4 is 11.3 Å². The smallest absolute Gasteiger partial charge is 0.125 e. The quantitative estimate of drug-likeness (QED) is 0.923. The lowest BCUT2D eigenvalue weighted by atomic mass is 10.1. The van der Waals surface area contributed by atoms with Crippen LogP contribution >= 0.6 is 11.3 Å². The van der Waals surface area contributed by atoms with Gasteiger partial charge in [-0.25, -0.2) is 4.98 Å². The molecule has 0 saturated carbocycles. The molecule has 18 heavy (non-hydrogen) atoms. The molecule has 1 atom stereocenters. The zero-order valence-electron chi connectivity index (χ0n) is 10.5. The molecule has 2 rings (SSSR count). The fourth-order valence-electron chi connectivity index (χ4n) is 1.77. The van der Waals surface area contributed by atoms with Gasteiger partial charge in [0.15, 0.2) is 0 Å². The number of aliphatic hydroxyl groups is 1. The number of aliphatic hydroxyl groups excluding tert-OH is 1. The molecule has 0 amide bonds. The van der Waals surface area contributed by atoms with E-state index >= 15 is 0 Å². The lowest BCUT2D eigenvalue weighted by Crippen LogP contribution is -2.02. The Labute approximate surface area is 110 Å². The van der Waals surface area contributed by atoms with Crippen molar-refractivity contribution in [2.75, 3.05) is 14.2 Å². The first-order valence-corrected chi connectivity index (χ1v) is 6.35. The highest BCUT2D eigenvalue weighted by atomic mass is 32.1. The number of rotatable bonds is 4. The number of benzene rings is 1. The highest BCUT2D eigenvalue weighted by Crippen LogP contribution is 2.35. The Morgan fingerprint density at radius 2 is 2.06 bits per heavy atom. The van der Waals surface area contributed by atoms with E-state index in [1.54, 1.807) is 37.9 Å². The summed E-state index contributed by atoms with van der Waals surface area (Å²) in [5.41, 5.74) is 3.24. The average molecular weight is 265 g/mol. The lowest BCUT2D eigenvalue weighted by Gasteiger charge is -2.15. The fourth-order valence-corrected chi connectivity index (χ4v) is 2.57. The van der Waals surface area contributed by atoms with Crippen LogP contribution in [0.2, 0.25) is 0 Å². The van der Waals surface area contributed by atoms with Crippen LogP contribution in [-0.2, 0) is 0 Å². The number of hydrogen-bond acceptors (Lipinski definition) is 5. The SMILES string of the molecule is COc1ccc(OC)c(C(O)c2scnc2C)c1. The number of ether oxygens (including phenoxy) is 2. The van der Waals surface area contributed by atoms with Gasteiger partial charge in [-0.1, -0.05) is 0 Å². The maximum atomic E-state index is 10.4. The summed E-state index contributed by atoms with van der Waals surface area (Å²) < 4.78 is 10.4. The molecule has 0 radical (unpaired) electrons. The molecule has 5 heteroatoms. The Kier molecular flexibility index (Phi) is 3.84. The molecule has 1 aromatic heterocycles. The summed E-state index contributed by atoms with van der Waals surface area (Å²) in [7, 11) is 3.17. The fraction of sp³-hybridized carbons (Fsp3) is 0.308. The molecule has 1 unspecified atom stereocenters. The predicted octanol–water partition coefficient (Wildman–Crippen LogP) is 2.55. The van der Waals surface area contributed by atoms with E-state index in [1.165, 1.54) is 11.3 Å². The van der Waals surface area contributed by atoms with Gasteiger partial charge < -0.3 is 14.6 Å². The van der Waals surface area contributed by atoms with Gasteiger partial charge in [-0.15, -0.1) is 11.3 Å². The molecule has 0 bridgehead atoms. The molecule has 1 N–H and O–H groups in total. The van der Waals surface area contributed by atoms with Crippen LogP contribution in [0.3, 0.4) is 0 Å². The molecule has 2 aromatic rings. The molecule has 1 heterocycles. The zero-order chi connectivity index (χ0) is 13.1. The van der Waals surface area contributed by atoms with Crippen LogP contribution < -0.4 is 9.47 Å². The summed E-state index contributed by atoms with van der Waals surface area (Å²) in [6, 6.07) is 5.37. The molecule has 0 saturated heterocycles. The van der Waals surface area contributed by atoms with Crippen LogP contribution in [0.1, 0.15) is 22.2 Å². The third kappa shape index (κ3) is 2.32. The minimum atomic E-state index is -0.748. The van der Waals surface area contributed by atoms with Crippen LogP contribution in [0.25, 0.3) is 0 Å². The second-order valence-electron chi connectivity index (χ2n) is 3.81. The first-order valence-electron chi connectivity index (χ1n) is 5.47. The van der Waals surface area contributed by atoms with E-state index in [9.17, 15) is 5.11 Å². The van der Waals surface area contributed by atoms with Gasteiger partial charge in [0.05, 0.1) is 30.3 Å². The van der Waals surface area contributed by atoms with Crippen LogP contribution in [0.4, 0.5) is 0 Å². The monoisotopic (exact) mass is 265 g/mol. The lowest BCUT2D eigenvalue weighted by molar-refractivity contribution is 0.217. The normalized spacial score (nSPS) is 12.2. The second kappa shape index (κ2) is 5.37. The predicted molar refractivity (Wildman–Crippen MR) is 70.5 cm³/mol. The van der Waals surface area contributed by atoms with Gasteiger partial charge in [0.1, 0.15) is 17.6 Å². The van der Waals surface area contributed by atoms with Crippen molar-refractivity contribution in [2.24, 2.45) is 0 Å². The van der Waals surface area contributed by atoms with E-state index in [-0.39, 0.29) is 0 Å². The Morgan fingerprint density at radius 1 is 1.28 bits per heavy atom. The van der Waals surface area contributed by atoms with E-state index < -0.39 is 6.10 Å². The largest absolute Gasteiger partial charge is 0.497 e. The third-order valence-electron chi connectivity index (χ3n) is 2.76. The number of methoxy groups -OCH3 is 2. The van der Waals surface area contributed by atoms with E-state index in [2.05, 4.69) is 4.98 Å². The Hall–Kier alpha value is -1.59. The van der Waals surface area contributed by atoms with Gasteiger partial charge >= 0.3 is 0 Å². The molecular weight excluding hydrogens is 250 g/mol. The summed E-state index contributed by atoms with van der Waals surface area (Å²) in [6.45, 7) is 1.88. The number of nitrogens with zero attached hydrogens (tertiary/aromatic N) is 1. The molecule has 96 valence electrons. The van der Waals surface area contributed by atoms with Crippen molar-refractivity contribution in [3.63, 3.8) is 0 Å². The van der Waals surface area contributed by atoms with E-state index in [1.807, 2.05) is 6.92 Å². The molecule has 4 nitrogen and oxygen atoms in total. The van der Waals surface area contributed by atoms with Crippen LogP contribution in [0, 0.1) is 6.92 Å².